The zero-order chi connectivity index (χ0) is 16.6. The molecule has 0 aliphatic carbocycles. The highest BCUT2D eigenvalue weighted by Gasteiger charge is 2.15. The lowest BCUT2D eigenvalue weighted by molar-refractivity contribution is -0.0000251. The molecule has 0 unspecified atom stereocenters. The molecular weight excluding hydrogens is 340 g/mol. The molecule has 1 N–H and O–H groups in total. The maximum Gasteiger partial charge on any atom is 0.338 e. The minimum absolute atomic E-state index is 0. The van der Waals surface area contributed by atoms with Crippen LogP contribution >= 0.6 is 0 Å². The number of carbonyl (C=O) groups is 1. The van der Waals surface area contributed by atoms with Gasteiger partial charge in [-0.1, -0.05) is 13.8 Å². The number of hydrogen-bond donors (Lipinski definition) is 1. The van der Waals surface area contributed by atoms with E-state index in [1.165, 1.54) is 24.3 Å². The molecule has 1 aromatic rings. The fraction of sp³-hybridized carbons (Fsp3) is 0.533. The number of nitrogens with one attached hydrogen (secondary N) is 1. The molecule has 0 saturated carbocycles. The molecule has 0 heterocycles. The fourth-order valence-electron chi connectivity index (χ4n) is 1.95. The Morgan fingerprint density at radius 3 is 2.17 bits per heavy atom. The van der Waals surface area contributed by atoms with Gasteiger partial charge >= 0.3 is 5.97 Å². The van der Waals surface area contributed by atoms with Crippen molar-refractivity contribution in [3.05, 3.63) is 29.8 Å². The van der Waals surface area contributed by atoms with Gasteiger partial charge in [0.15, 0.2) is 0 Å². The third-order valence-corrected chi connectivity index (χ3v) is 4.77. The summed E-state index contributed by atoms with van der Waals surface area (Å²) in [6.07, 6.45) is 0. The predicted octanol–water partition coefficient (Wildman–Crippen LogP) is -1.51. The van der Waals surface area contributed by atoms with E-state index in [2.05, 4.69) is 9.62 Å². The van der Waals surface area contributed by atoms with E-state index >= 15 is 0 Å². The van der Waals surface area contributed by atoms with Gasteiger partial charge in [0, 0.05) is 13.1 Å². The molecule has 8 heteroatoms. The van der Waals surface area contributed by atoms with Crippen molar-refractivity contribution in [3.8, 4) is 0 Å². The van der Waals surface area contributed by atoms with Crippen LogP contribution in [0.15, 0.2) is 29.2 Å². The summed E-state index contributed by atoms with van der Waals surface area (Å²) in [6.45, 7) is 8.84. The molecule has 0 aliphatic rings. The third-order valence-electron chi connectivity index (χ3n) is 3.29. The van der Waals surface area contributed by atoms with Crippen LogP contribution in [0.1, 0.15) is 31.1 Å². The Balaban J connectivity index is 0.00000484. The SMILES string of the molecule is CCOC(=O)c1ccc(S(=O)(=O)NCCN(CC)CC)cc1.[Cl-]. The van der Waals surface area contributed by atoms with E-state index in [0.29, 0.717) is 18.7 Å². The highest BCUT2D eigenvalue weighted by atomic mass is 35.5. The summed E-state index contributed by atoms with van der Waals surface area (Å²) in [4.78, 5) is 13.8. The average molecular weight is 364 g/mol. The predicted molar refractivity (Wildman–Crippen MR) is 85.4 cm³/mol. The molecule has 0 aliphatic heterocycles. The molecule has 0 fully saturated rings. The lowest BCUT2D eigenvalue weighted by Crippen LogP contribution is -3.00. The van der Waals surface area contributed by atoms with E-state index in [-0.39, 0.29) is 23.9 Å². The number of benzene rings is 1. The van der Waals surface area contributed by atoms with Gasteiger partial charge in [-0.2, -0.15) is 0 Å². The number of likely N-dealkylation sites (N-methyl/N-ethyl adjacent to an activating group) is 1. The van der Waals surface area contributed by atoms with E-state index in [4.69, 9.17) is 4.74 Å². The first-order valence-electron chi connectivity index (χ1n) is 7.43. The molecule has 1 rings (SSSR count). The zero-order valence-electron chi connectivity index (χ0n) is 13.7. The average Bonchev–Trinajstić information content (AvgIpc) is 2.52. The van der Waals surface area contributed by atoms with Gasteiger partial charge in [0.25, 0.3) is 0 Å². The summed E-state index contributed by atoms with van der Waals surface area (Å²) in [6, 6.07) is 5.73. The standard InChI is InChI=1S/C15H24N2O4S.ClH/c1-4-17(5-2)12-11-16-22(19,20)14-9-7-13(8-10-14)15(18)21-6-3;/h7-10,16H,4-6,11-12H2,1-3H3;1H/p-1. The van der Waals surface area contributed by atoms with Gasteiger partial charge in [0.2, 0.25) is 10.0 Å². The molecule has 0 bridgehead atoms. The van der Waals surface area contributed by atoms with Gasteiger partial charge in [-0.3, -0.25) is 0 Å². The van der Waals surface area contributed by atoms with Crippen molar-refractivity contribution >= 4 is 16.0 Å². The van der Waals surface area contributed by atoms with Crippen LogP contribution in [0.3, 0.4) is 0 Å². The zero-order valence-corrected chi connectivity index (χ0v) is 15.3. The summed E-state index contributed by atoms with van der Waals surface area (Å²) < 4.78 is 31.7. The van der Waals surface area contributed by atoms with E-state index in [9.17, 15) is 13.2 Å². The van der Waals surface area contributed by atoms with Crippen LogP contribution in [0.25, 0.3) is 0 Å². The number of carbonyl (C=O) groups excluding carboxylic acids is 1. The second-order valence-corrected chi connectivity index (χ2v) is 6.44. The first kappa shape index (κ1) is 21.9. The van der Waals surface area contributed by atoms with E-state index in [1.807, 2.05) is 13.8 Å². The van der Waals surface area contributed by atoms with Crippen LogP contribution in [0, 0.1) is 0 Å². The summed E-state index contributed by atoms with van der Waals surface area (Å²) in [5.41, 5.74) is 0.337. The van der Waals surface area contributed by atoms with Gasteiger partial charge in [-0.25, -0.2) is 17.9 Å². The molecule has 0 radical (unpaired) electrons. The quantitative estimate of drug-likeness (QED) is 0.540. The summed E-state index contributed by atoms with van der Waals surface area (Å²) >= 11 is 0. The minimum atomic E-state index is -3.56. The number of hydrogen-bond acceptors (Lipinski definition) is 5. The Labute approximate surface area is 144 Å². The normalized spacial score (nSPS) is 11.1. The van der Waals surface area contributed by atoms with Gasteiger partial charge in [0.05, 0.1) is 17.1 Å². The maximum absolute atomic E-state index is 12.2. The number of esters is 1. The number of ether oxygens (including phenoxy) is 1. The smallest absolute Gasteiger partial charge is 0.338 e. The number of rotatable bonds is 9. The van der Waals surface area contributed by atoms with E-state index in [0.717, 1.165) is 13.1 Å². The van der Waals surface area contributed by atoms with Crippen LogP contribution in [0.5, 0.6) is 0 Å². The highest BCUT2D eigenvalue weighted by molar-refractivity contribution is 7.89. The van der Waals surface area contributed by atoms with E-state index in [1.54, 1.807) is 6.92 Å². The Morgan fingerprint density at radius 2 is 1.70 bits per heavy atom. The van der Waals surface area contributed by atoms with Crippen molar-refractivity contribution in [2.45, 2.75) is 25.7 Å². The van der Waals surface area contributed by atoms with Gasteiger partial charge in [0.1, 0.15) is 0 Å². The Morgan fingerprint density at radius 1 is 1.13 bits per heavy atom. The summed E-state index contributed by atoms with van der Waals surface area (Å²) in [5, 5.41) is 0. The second-order valence-electron chi connectivity index (χ2n) is 4.67. The molecule has 0 spiro atoms. The number of sulfonamides is 1. The van der Waals surface area contributed by atoms with Gasteiger partial charge < -0.3 is 22.0 Å². The van der Waals surface area contributed by atoms with Gasteiger partial charge in [-0.15, -0.1) is 0 Å². The first-order valence-corrected chi connectivity index (χ1v) is 8.92. The van der Waals surface area contributed by atoms with Crippen molar-refractivity contribution < 1.29 is 30.4 Å². The van der Waals surface area contributed by atoms with Crippen LogP contribution in [0.4, 0.5) is 0 Å². The first-order chi connectivity index (χ1) is 10.4. The lowest BCUT2D eigenvalue weighted by atomic mass is 10.2. The van der Waals surface area contributed by atoms with Crippen molar-refractivity contribution in [1.29, 1.82) is 0 Å². The minimum Gasteiger partial charge on any atom is -1.00 e. The second kappa shape index (κ2) is 10.6. The monoisotopic (exact) mass is 363 g/mol. The Bertz CT molecular complexity index is 572. The maximum atomic E-state index is 12.2. The Kier molecular flexibility index (Phi) is 10.1. The van der Waals surface area contributed by atoms with Gasteiger partial charge in [-0.05, 0) is 44.3 Å². The molecule has 0 aromatic heterocycles. The van der Waals surface area contributed by atoms with Crippen LogP contribution in [0.2, 0.25) is 0 Å². The van der Waals surface area contributed by atoms with Crippen LogP contribution < -0.4 is 17.1 Å². The van der Waals surface area contributed by atoms with E-state index < -0.39 is 16.0 Å². The summed E-state index contributed by atoms with van der Waals surface area (Å²) in [5.74, 6) is -0.457. The third kappa shape index (κ3) is 6.87. The van der Waals surface area contributed by atoms with Crippen molar-refractivity contribution in [3.63, 3.8) is 0 Å². The topological polar surface area (TPSA) is 75.7 Å². The highest BCUT2D eigenvalue weighted by Crippen LogP contribution is 2.11. The largest absolute Gasteiger partial charge is 1.00 e. The van der Waals surface area contributed by atoms with Crippen molar-refractivity contribution in [2.75, 3.05) is 32.8 Å². The molecular formula is C15H24ClN2O4S-. The lowest BCUT2D eigenvalue weighted by Gasteiger charge is -2.18. The molecule has 0 amide bonds. The molecule has 0 saturated heterocycles. The van der Waals surface area contributed by atoms with Crippen LogP contribution in [-0.4, -0.2) is 52.1 Å². The van der Waals surface area contributed by atoms with Crippen molar-refractivity contribution in [1.82, 2.24) is 9.62 Å². The van der Waals surface area contributed by atoms with Crippen LogP contribution in [-0.2, 0) is 14.8 Å². The number of halogens is 1. The molecule has 132 valence electrons. The Hall–Kier alpha value is -1.15. The molecule has 1 aromatic carbocycles. The molecule has 0 atom stereocenters. The van der Waals surface area contributed by atoms with Crippen molar-refractivity contribution in [2.24, 2.45) is 0 Å². The number of nitrogens with zero attached hydrogens (tertiary/aromatic N) is 1. The molecule has 6 nitrogen and oxygen atoms in total. The fourth-order valence-corrected chi connectivity index (χ4v) is 2.97. The molecule has 23 heavy (non-hydrogen) atoms. The summed E-state index contributed by atoms with van der Waals surface area (Å²) in [7, 11) is -3.56.